The molecular formula is C18H18F3N3O2. The molecule has 0 aliphatic carbocycles. The molecule has 5 nitrogen and oxygen atoms in total. The van der Waals surface area contributed by atoms with E-state index in [9.17, 15) is 13.2 Å². The molecule has 0 saturated carbocycles. The quantitative estimate of drug-likeness (QED) is 0.496. The van der Waals surface area contributed by atoms with Gasteiger partial charge in [-0.1, -0.05) is 6.07 Å². The second-order valence-electron chi connectivity index (χ2n) is 5.69. The fraction of sp³-hybridized carbons (Fsp3) is 0.278. The second kappa shape index (κ2) is 7.99. The molecular weight excluding hydrogens is 347 g/mol. The second-order valence-corrected chi connectivity index (χ2v) is 5.69. The van der Waals surface area contributed by atoms with E-state index in [4.69, 9.17) is 15.2 Å². The fourth-order valence-electron chi connectivity index (χ4n) is 2.48. The Kier molecular flexibility index (Phi) is 5.50. The monoisotopic (exact) mass is 365 g/mol. The fourth-order valence-corrected chi connectivity index (χ4v) is 2.48. The molecule has 0 aromatic heterocycles. The third-order valence-corrected chi connectivity index (χ3v) is 3.80. The maximum Gasteiger partial charge on any atom is 0.194 e. The first kappa shape index (κ1) is 17.9. The van der Waals surface area contributed by atoms with Crippen LogP contribution in [0.15, 0.2) is 35.3 Å². The van der Waals surface area contributed by atoms with Gasteiger partial charge in [0.2, 0.25) is 0 Å². The highest BCUT2D eigenvalue weighted by Gasteiger charge is 2.13. The van der Waals surface area contributed by atoms with Gasteiger partial charge in [0.25, 0.3) is 0 Å². The van der Waals surface area contributed by atoms with Crippen molar-refractivity contribution in [3.63, 3.8) is 0 Å². The number of aliphatic imine (C=N–C) groups is 1. The number of nitrogens with two attached hydrogens (primary N) is 1. The largest absolute Gasteiger partial charge is 0.490 e. The standard InChI is InChI=1S/C18H18F3N3O2/c19-13-4-2-11(16(20)17(13)21)6-7-23-18(22)24-12-3-5-14-15(10-12)26-9-1-8-25-14/h2-5,10H,1,6-9H2,(H3,22,23,24). The van der Waals surface area contributed by atoms with Crippen LogP contribution < -0.4 is 20.5 Å². The van der Waals surface area contributed by atoms with Gasteiger partial charge >= 0.3 is 0 Å². The average Bonchev–Trinajstić information content (AvgIpc) is 2.86. The molecule has 0 unspecified atom stereocenters. The number of nitrogens with zero attached hydrogens (tertiary/aromatic N) is 1. The Morgan fingerprint density at radius 3 is 2.62 bits per heavy atom. The topological polar surface area (TPSA) is 68.9 Å². The summed E-state index contributed by atoms with van der Waals surface area (Å²) in [6, 6.07) is 7.36. The number of hydrogen-bond donors (Lipinski definition) is 2. The first-order chi connectivity index (χ1) is 12.5. The number of rotatable bonds is 4. The maximum absolute atomic E-state index is 13.6. The minimum absolute atomic E-state index is 0.0380. The Hall–Kier alpha value is -2.90. The Morgan fingerprint density at radius 2 is 1.81 bits per heavy atom. The van der Waals surface area contributed by atoms with Gasteiger partial charge in [-0.2, -0.15) is 0 Å². The SMILES string of the molecule is NC(=NCCc1ccc(F)c(F)c1F)Nc1ccc2c(c1)OCCCO2. The van der Waals surface area contributed by atoms with Gasteiger partial charge in [-0.15, -0.1) is 0 Å². The molecule has 1 heterocycles. The molecule has 138 valence electrons. The highest BCUT2D eigenvalue weighted by atomic mass is 19.2. The summed E-state index contributed by atoms with van der Waals surface area (Å²) in [7, 11) is 0. The lowest BCUT2D eigenvalue weighted by molar-refractivity contribution is 0.297. The first-order valence-electron chi connectivity index (χ1n) is 8.13. The third-order valence-electron chi connectivity index (χ3n) is 3.80. The summed E-state index contributed by atoms with van der Waals surface area (Å²) < 4.78 is 50.8. The number of anilines is 1. The van der Waals surface area contributed by atoms with Gasteiger partial charge in [-0.05, 0) is 30.2 Å². The molecule has 1 aliphatic heterocycles. The number of guanidine groups is 1. The van der Waals surface area contributed by atoms with Gasteiger partial charge < -0.3 is 20.5 Å². The van der Waals surface area contributed by atoms with E-state index in [1.54, 1.807) is 18.2 Å². The third kappa shape index (κ3) is 4.19. The van der Waals surface area contributed by atoms with Gasteiger partial charge in [0.05, 0.1) is 13.2 Å². The predicted molar refractivity (Wildman–Crippen MR) is 92.2 cm³/mol. The van der Waals surface area contributed by atoms with Crippen LogP contribution in [0.2, 0.25) is 0 Å². The zero-order valence-corrected chi connectivity index (χ0v) is 13.9. The zero-order chi connectivity index (χ0) is 18.5. The summed E-state index contributed by atoms with van der Waals surface area (Å²) in [6.45, 7) is 1.29. The molecule has 0 amide bonds. The van der Waals surface area contributed by atoms with Gasteiger partial charge in [-0.3, -0.25) is 4.99 Å². The Labute approximate surface area is 148 Å². The Balaban J connectivity index is 1.60. The zero-order valence-electron chi connectivity index (χ0n) is 13.9. The summed E-state index contributed by atoms with van der Waals surface area (Å²) in [5.41, 5.74) is 6.51. The van der Waals surface area contributed by atoms with Crippen molar-refractivity contribution in [2.45, 2.75) is 12.8 Å². The molecule has 0 radical (unpaired) electrons. The van der Waals surface area contributed by atoms with Crippen molar-refractivity contribution >= 4 is 11.6 Å². The van der Waals surface area contributed by atoms with Crippen LogP contribution in [0.5, 0.6) is 11.5 Å². The van der Waals surface area contributed by atoms with Crippen LogP contribution in [0.3, 0.4) is 0 Å². The molecule has 0 spiro atoms. The van der Waals surface area contributed by atoms with Crippen molar-refractivity contribution in [3.05, 3.63) is 53.3 Å². The first-order valence-corrected chi connectivity index (χ1v) is 8.13. The number of fused-ring (bicyclic) bond motifs is 1. The molecule has 0 atom stereocenters. The number of halogens is 3. The smallest absolute Gasteiger partial charge is 0.194 e. The van der Waals surface area contributed by atoms with Crippen molar-refractivity contribution in [2.24, 2.45) is 10.7 Å². The lowest BCUT2D eigenvalue weighted by Gasteiger charge is -2.11. The normalized spacial score (nSPS) is 14.0. The van der Waals surface area contributed by atoms with Crippen molar-refractivity contribution in [1.82, 2.24) is 0 Å². The highest BCUT2D eigenvalue weighted by Crippen LogP contribution is 2.32. The van der Waals surface area contributed by atoms with E-state index in [0.29, 0.717) is 30.4 Å². The predicted octanol–water partition coefficient (Wildman–Crippen LogP) is 3.23. The number of hydrogen-bond acceptors (Lipinski definition) is 3. The molecule has 2 aromatic carbocycles. The minimum Gasteiger partial charge on any atom is -0.490 e. The van der Waals surface area contributed by atoms with Crippen LogP contribution >= 0.6 is 0 Å². The molecule has 2 aromatic rings. The van der Waals surface area contributed by atoms with E-state index < -0.39 is 17.5 Å². The molecule has 0 saturated heterocycles. The van der Waals surface area contributed by atoms with Gasteiger partial charge in [0.1, 0.15) is 0 Å². The van der Waals surface area contributed by atoms with Crippen molar-refractivity contribution < 1.29 is 22.6 Å². The van der Waals surface area contributed by atoms with E-state index in [1.165, 1.54) is 6.07 Å². The Bertz CT molecular complexity index is 828. The van der Waals surface area contributed by atoms with Crippen LogP contribution in [0.4, 0.5) is 18.9 Å². The van der Waals surface area contributed by atoms with E-state index in [1.807, 2.05) is 0 Å². The summed E-state index contributed by atoms with van der Waals surface area (Å²) in [6.07, 6.45) is 0.897. The summed E-state index contributed by atoms with van der Waals surface area (Å²) in [4.78, 5) is 4.07. The maximum atomic E-state index is 13.6. The van der Waals surface area contributed by atoms with Crippen LogP contribution in [0.25, 0.3) is 0 Å². The number of ether oxygens (including phenoxy) is 2. The lowest BCUT2D eigenvalue weighted by atomic mass is 10.1. The summed E-state index contributed by atoms with van der Waals surface area (Å²) >= 11 is 0. The van der Waals surface area contributed by atoms with Crippen molar-refractivity contribution in [3.8, 4) is 11.5 Å². The van der Waals surface area contributed by atoms with Crippen LogP contribution in [0.1, 0.15) is 12.0 Å². The van der Waals surface area contributed by atoms with Gasteiger partial charge in [0.15, 0.2) is 34.9 Å². The van der Waals surface area contributed by atoms with E-state index in [0.717, 1.165) is 12.5 Å². The van der Waals surface area contributed by atoms with Crippen molar-refractivity contribution in [2.75, 3.05) is 25.1 Å². The van der Waals surface area contributed by atoms with Crippen LogP contribution in [0, 0.1) is 17.5 Å². The van der Waals surface area contributed by atoms with Crippen molar-refractivity contribution in [1.29, 1.82) is 0 Å². The molecule has 0 bridgehead atoms. The average molecular weight is 365 g/mol. The van der Waals surface area contributed by atoms with Crippen LogP contribution in [-0.4, -0.2) is 25.7 Å². The lowest BCUT2D eigenvalue weighted by Crippen LogP contribution is -2.23. The summed E-state index contributed by atoms with van der Waals surface area (Å²) in [5.74, 6) is -2.51. The molecule has 0 fully saturated rings. The molecule has 26 heavy (non-hydrogen) atoms. The highest BCUT2D eigenvalue weighted by molar-refractivity contribution is 5.92. The molecule has 1 aliphatic rings. The Morgan fingerprint density at radius 1 is 1.04 bits per heavy atom. The number of nitrogens with one attached hydrogen (secondary N) is 1. The molecule has 3 rings (SSSR count). The number of benzene rings is 2. The van der Waals surface area contributed by atoms with Gasteiger partial charge in [0, 0.05) is 24.7 Å². The summed E-state index contributed by atoms with van der Waals surface area (Å²) in [5, 5.41) is 2.90. The van der Waals surface area contributed by atoms with E-state index in [2.05, 4.69) is 10.3 Å². The van der Waals surface area contributed by atoms with Gasteiger partial charge in [-0.25, -0.2) is 13.2 Å². The molecule has 8 heteroatoms. The van der Waals surface area contributed by atoms with Crippen LogP contribution in [-0.2, 0) is 6.42 Å². The molecule has 3 N–H and O–H groups in total. The van der Waals surface area contributed by atoms with E-state index >= 15 is 0 Å². The minimum atomic E-state index is -1.48. The van der Waals surface area contributed by atoms with E-state index in [-0.39, 0.29) is 24.5 Å².